The van der Waals surface area contributed by atoms with Gasteiger partial charge in [-0.2, -0.15) is 4.98 Å². The summed E-state index contributed by atoms with van der Waals surface area (Å²) in [6.07, 6.45) is 2.12. The van der Waals surface area contributed by atoms with Crippen LogP contribution >= 0.6 is 0 Å². The van der Waals surface area contributed by atoms with Crippen molar-refractivity contribution in [3.05, 3.63) is 41.5 Å². The Bertz CT molecular complexity index is 1070. The zero-order valence-electron chi connectivity index (χ0n) is 16.4. The molecule has 0 bridgehead atoms. The van der Waals surface area contributed by atoms with Gasteiger partial charge in [-0.1, -0.05) is 31.1 Å². The van der Waals surface area contributed by atoms with Gasteiger partial charge in [0.2, 0.25) is 11.8 Å². The zero-order chi connectivity index (χ0) is 20.8. The van der Waals surface area contributed by atoms with Gasteiger partial charge in [-0.3, -0.25) is 14.5 Å². The standard InChI is InChI=1S/C19H23N5O4S/c1-10(2)15(19-22-16(23-28-19)12-8-9-12)21-18(25)11(3)20-17-13-6-4-5-7-14(13)29(26,27)24-17/h4-7,10-12,15H,8-9H2,1-3H3,(H,20,24)(H,21,25)/t11-,15?/m0/s1. The van der Waals surface area contributed by atoms with Crippen LogP contribution in [0.1, 0.15) is 62.9 Å². The van der Waals surface area contributed by atoms with Gasteiger partial charge < -0.3 is 9.84 Å². The Kier molecular flexibility index (Phi) is 4.89. The number of sulfonamides is 1. The fourth-order valence-electron chi connectivity index (χ4n) is 3.15. The minimum atomic E-state index is -3.65. The third kappa shape index (κ3) is 3.89. The highest BCUT2D eigenvalue weighted by atomic mass is 32.2. The van der Waals surface area contributed by atoms with Gasteiger partial charge in [0.25, 0.3) is 10.0 Å². The molecule has 1 saturated carbocycles. The van der Waals surface area contributed by atoms with Gasteiger partial charge in [-0.15, -0.1) is 0 Å². The van der Waals surface area contributed by atoms with E-state index in [-0.39, 0.29) is 22.6 Å². The second-order valence-electron chi connectivity index (χ2n) is 7.75. The van der Waals surface area contributed by atoms with Crippen molar-refractivity contribution in [1.29, 1.82) is 0 Å². The van der Waals surface area contributed by atoms with Crippen LogP contribution in [0.4, 0.5) is 0 Å². The van der Waals surface area contributed by atoms with Crippen molar-refractivity contribution in [3.8, 4) is 0 Å². The van der Waals surface area contributed by atoms with E-state index >= 15 is 0 Å². The number of hydrogen-bond acceptors (Lipinski definition) is 7. The molecule has 0 spiro atoms. The van der Waals surface area contributed by atoms with Gasteiger partial charge in [0, 0.05) is 11.5 Å². The molecule has 1 unspecified atom stereocenters. The van der Waals surface area contributed by atoms with Crippen molar-refractivity contribution in [2.75, 3.05) is 0 Å². The summed E-state index contributed by atoms with van der Waals surface area (Å²) in [7, 11) is -3.65. The predicted molar refractivity (Wildman–Crippen MR) is 105 cm³/mol. The summed E-state index contributed by atoms with van der Waals surface area (Å²) in [5.41, 5.74) is 0.457. The third-order valence-electron chi connectivity index (χ3n) is 5.00. The van der Waals surface area contributed by atoms with Gasteiger partial charge >= 0.3 is 0 Å². The molecule has 1 aliphatic carbocycles. The first-order chi connectivity index (χ1) is 13.8. The fraction of sp³-hybridized carbons (Fsp3) is 0.474. The maximum atomic E-state index is 12.8. The molecule has 9 nitrogen and oxygen atoms in total. The monoisotopic (exact) mass is 417 g/mol. The van der Waals surface area contributed by atoms with Crippen molar-refractivity contribution in [3.63, 3.8) is 0 Å². The van der Waals surface area contributed by atoms with E-state index in [1.165, 1.54) is 6.07 Å². The van der Waals surface area contributed by atoms with Gasteiger partial charge in [-0.25, -0.2) is 8.42 Å². The van der Waals surface area contributed by atoms with E-state index in [0.717, 1.165) is 12.8 Å². The van der Waals surface area contributed by atoms with E-state index in [2.05, 4.69) is 25.2 Å². The maximum Gasteiger partial charge on any atom is 0.263 e. The van der Waals surface area contributed by atoms with E-state index in [9.17, 15) is 13.2 Å². The van der Waals surface area contributed by atoms with Crippen molar-refractivity contribution in [2.45, 2.75) is 56.5 Å². The normalized spacial score (nSPS) is 20.9. The average Bonchev–Trinajstić information content (AvgIpc) is 3.36. The minimum absolute atomic E-state index is 0.0250. The molecule has 2 atom stereocenters. The van der Waals surface area contributed by atoms with Crippen molar-refractivity contribution < 1.29 is 17.7 Å². The Labute approximate surface area is 169 Å². The summed E-state index contributed by atoms with van der Waals surface area (Å²) in [6.45, 7) is 5.51. The van der Waals surface area contributed by atoms with Crippen LogP contribution in [0.15, 0.2) is 38.7 Å². The molecular formula is C19H23N5O4S. The van der Waals surface area contributed by atoms with Crippen LogP contribution in [0.3, 0.4) is 0 Å². The molecule has 0 radical (unpaired) electrons. The Morgan fingerprint density at radius 1 is 1.28 bits per heavy atom. The second-order valence-corrected chi connectivity index (χ2v) is 9.40. The smallest absolute Gasteiger partial charge is 0.263 e. The summed E-state index contributed by atoms with van der Waals surface area (Å²) in [6, 6.07) is 5.27. The van der Waals surface area contributed by atoms with E-state index in [1.54, 1.807) is 25.1 Å². The number of fused-ring (bicyclic) bond motifs is 1. The largest absolute Gasteiger partial charge is 0.342 e. The average molecular weight is 417 g/mol. The van der Waals surface area contributed by atoms with Gasteiger partial charge in [-0.05, 0) is 37.8 Å². The van der Waals surface area contributed by atoms with Crippen molar-refractivity contribution >= 4 is 21.8 Å². The first-order valence-electron chi connectivity index (χ1n) is 9.60. The summed E-state index contributed by atoms with van der Waals surface area (Å²) in [4.78, 5) is 21.7. The highest BCUT2D eigenvalue weighted by Crippen LogP contribution is 2.38. The third-order valence-corrected chi connectivity index (χ3v) is 6.39. The van der Waals surface area contributed by atoms with E-state index in [4.69, 9.17) is 4.52 Å². The number of aromatic nitrogens is 2. The Balaban J connectivity index is 1.52. The van der Waals surface area contributed by atoms with Crippen LogP contribution in [0, 0.1) is 5.92 Å². The summed E-state index contributed by atoms with van der Waals surface area (Å²) in [5, 5.41) is 6.92. The molecule has 154 valence electrons. The molecule has 1 fully saturated rings. The first-order valence-corrected chi connectivity index (χ1v) is 11.1. The van der Waals surface area contributed by atoms with Crippen LogP contribution < -0.4 is 10.0 Å². The maximum absolute atomic E-state index is 12.8. The van der Waals surface area contributed by atoms with Crippen LogP contribution in [-0.2, 0) is 14.8 Å². The molecule has 1 aliphatic heterocycles. The molecule has 2 aliphatic rings. The second kappa shape index (κ2) is 7.25. The summed E-state index contributed by atoms with van der Waals surface area (Å²) < 4.78 is 32.2. The SMILES string of the molecule is CC(C)C(NC(=O)[C@H](C)N=C1NS(=O)(=O)c2ccccc21)c1nc(C2CC2)no1. The number of amidine groups is 1. The number of benzene rings is 1. The fourth-order valence-corrected chi connectivity index (χ4v) is 4.39. The Morgan fingerprint density at radius 2 is 2.00 bits per heavy atom. The molecule has 2 heterocycles. The van der Waals surface area contributed by atoms with Crippen molar-refractivity contribution in [1.82, 2.24) is 20.2 Å². The number of aliphatic imine (C=N–C) groups is 1. The van der Waals surface area contributed by atoms with Crippen LogP contribution in [-0.4, -0.2) is 36.3 Å². The summed E-state index contributed by atoms with van der Waals surface area (Å²) in [5.74, 6) is 1.25. The molecule has 1 amide bonds. The highest BCUT2D eigenvalue weighted by molar-refractivity contribution is 7.90. The topological polar surface area (TPSA) is 127 Å². The van der Waals surface area contributed by atoms with Gasteiger partial charge in [0.15, 0.2) is 5.82 Å². The van der Waals surface area contributed by atoms with Gasteiger partial charge in [0.05, 0.1) is 4.90 Å². The minimum Gasteiger partial charge on any atom is -0.342 e. The lowest BCUT2D eigenvalue weighted by atomic mass is 10.0. The Hall–Kier alpha value is -2.75. The molecule has 2 aromatic rings. The van der Waals surface area contributed by atoms with Crippen molar-refractivity contribution in [2.24, 2.45) is 10.9 Å². The molecular weight excluding hydrogens is 394 g/mol. The quantitative estimate of drug-likeness (QED) is 0.739. The zero-order valence-corrected chi connectivity index (χ0v) is 17.2. The molecule has 0 saturated heterocycles. The molecule has 1 aromatic carbocycles. The molecule has 1 aromatic heterocycles. The predicted octanol–water partition coefficient (Wildman–Crippen LogP) is 1.89. The summed E-state index contributed by atoms with van der Waals surface area (Å²) >= 11 is 0. The number of nitrogens with zero attached hydrogens (tertiary/aromatic N) is 3. The number of carbonyl (C=O) groups excluding carboxylic acids is 1. The number of nitrogens with one attached hydrogen (secondary N) is 2. The number of amides is 1. The van der Waals surface area contributed by atoms with Crippen LogP contribution in [0.2, 0.25) is 0 Å². The number of carbonyl (C=O) groups is 1. The van der Waals surface area contributed by atoms with Crippen LogP contribution in [0.25, 0.3) is 0 Å². The number of hydrogen-bond donors (Lipinski definition) is 2. The molecule has 4 rings (SSSR count). The molecule has 10 heteroatoms. The van der Waals surface area contributed by atoms with E-state index in [0.29, 0.717) is 23.2 Å². The van der Waals surface area contributed by atoms with E-state index in [1.807, 2.05) is 13.8 Å². The lowest BCUT2D eigenvalue weighted by Crippen LogP contribution is -2.38. The number of rotatable bonds is 6. The van der Waals surface area contributed by atoms with Crippen LogP contribution in [0.5, 0.6) is 0 Å². The Morgan fingerprint density at radius 3 is 2.69 bits per heavy atom. The molecule has 2 N–H and O–H groups in total. The highest BCUT2D eigenvalue weighted by Gasteiger charge is 2.33. The van der Waals surface area contributed by atoms with E-state index < -0.39 is 22.1 Å². The first kappa shape index (κ1) is 19.6. The van der Waals surface area contributed by atoms with Gasteiger partial charge in [0.1, 0.15) is 17.9 Å². The lowest BCUT2D eigenvalue weighted by Gasteiger charge is -2.20. The lowest BCUT2D eigenvalue weighted by molar-refractivity contribution is -0.123. The molecule has 29 heavy (non-hydrogen) atoms.